The van der Waals surface area contributed by atoms with Gasteiger partial charge in [0.05, 0.1) is 36.4 Å². The van der Waals surface area contributed by atoms with Crippen molar-refractivity contribution in [2.75, 3.05) is 40.4 Å². The van der Waals surface area contributed by atoms with E-state index in [1.54, 1.807) is 37.4 Å². The van der Waals surface area contributed by atoms with Gasteiger partial charge in [-0.15, -0.1) is 0 Å². The van der Waals surface area contributed by atoms with E-state index in [2.05, 4.69) is 4.90 Å². The van der Waals surface area contributed by atoms with Crippen LogP contribution in [0.15, 0.2) is 42.0 Å². The number of likely N-dealkylation sites (N-methyl/N-ethyl adjacent to an activating group) is 1. The molecule has 1 aliphatic heterocycles. The van der Waals surface area contributed by atoms with Crippen LogP contribution >= 0.6 is 11.6 Å². The zero-order valence-corrected chi connectivity index (χ0v) is 21.0. The van der Waals surface area contributed by atoms with E-state index in [1.165, 1.54) is 12.0 Å². The number of nitrogens with zero attached hydrogens (tertiary/aromatic N) is 2. The number of aliphatic hydroxyl groups excluding tert-OH is 1. The molecule has 1 N–H and O–H groups in total. The monoisotopic (exact) mass is 486 g/mol. The largest absolute Gasteiger partial charge is 0.507 e. The fourth-order valence-corrected chi connectivity index (χ4v) is 4.67. The molecule has 3 rings (SSSR count). The van der Waals surface area contributed by atoms with E-state index in [0.717, 1.165) is 18.7 Å². The minimum absolute atomic E-state index is 0.00207. The van der Waals surface area contributed by atoms with Crippen LogP contribution in [-0.2, 0) is 9.59 Å². The standard InChI is InChI=1S/C26H31ClN2O5/c1-6-28(7-2)11-12-29-22(17-9-8-10-18(15-17)33-4)21(24(31)26(29)32)23(30)19-13-16(3)14-20(27)25(19)34-5/h8-10,13-15,22,30H,6-7,11-12H2,1-5H3/b23-21+. The first-order chi connectivity index (χ1) is 16.3. The number of ether oxygens (including phenoxy) is 2. The van der Waals surface area contributed by atoms with Crippen molar-refractivity contribution in [3.05, 3.63) is 63.7 Å². The van der Waals surface area contributed by atoms with Crippen molar-refractivity contribution in [1.29, 1.82) is 0 Å². The molecule has 1 aliphatic rings. The maximum atomic E-state index is 13.3. The average Bonchev–Trinajstić information content (AvgIpc) is 3.08. The lowest BCUT2D eigenvalue weighted by molar-refractivity contribution is -0.140. The van der Waals surface area contributed by atoms with Crippen molar-refractivity contribution in [3.8, 4) is 11.5 Å². The first kappa shape index (κ1) is 25.6. The number of likely N-dealkylation sites (tertiary alicyclic amines) is 1. The first-order valence-electron chi connectivity index (χ1n) is 11.3. The third kappa shape index (κ3) is 4.91. The minimum atomic E-state index is -0.783. The molecule has 1 heterocycles. The fourth-order valence-electron chi connectivity index (χ4n) is 4.32. The Hall–Kier alpha value is -3.03. The van der Waals surface area contributed by atoms with Gasteiger partial charge in [-0.2, -0.15) is 0 Å². The molecule has 0 saturated carbocycles. The van der Waals surface area contributed by atoms with Crippen molar-refractivity contribution in [2.45, 2.75) is 26.8 Å². The number of carbonyl (C=O) groups excluding carboxylic acids is 2. The summed E-state index contributed by atoms with van der Waals surface area (Å²) in [6, 6.07) is 9.78. The van der Waals surface area contributed by atoms with E-state index in [9.17, 15) is 14.7 Å². The second-order valence-electron chi connectivity index (χ2n) is 8.12. The quantitative estimate of drug-likeness (QED) is 0.321. The fraction of sp³-hybridized carbons (Fsp3) is 0.385. The van der Waals surface area contributed by atoms with Crippen LogP contribution in [0.3, 0.4) is 0 Å². The lowest BCUT2D eigenvalue weighted by Gasteiger charge is -2.28. The topological polar surface area (TPSA) is 79.3 Å². The van der Waals surface area contributed by atoms with Gasteiger partial charge in [-0.1, -0.05) is 37.6 Å². The Morgan fingerprint density at radius 1 is 1.12 bits per heavy atom. The zero-order chi connectivity index (χ0) is 25.0. The van der Waals surface area contributed by atoms with Crippen molar-refractivity contribution >= 4 is 29.1 Å². The average molecular weight is 487 g/mol. The number of hydrogen-bond acceptors (Lipinski definition) is 6. The molecule has 1 fully saturated rings. The molecule has 0 spiro atoms. The molecule has 182 valence electrons. The number of carbonyl (C=O) groups is 2. The minimum Gasteiger partial charge on any atom is -0.507 e. The molecular formula is C26H31ClN2O5. The van der Waals surface area contributed by atoms with Crippen molar-refractivity contribution < 1.29 is 24.2 Å². The third-order valence-electron chi connectivity index (χ3n) is 6.15. The van der Waals surface area contributed by atoms with Gasteiger partial charge in [-0.25, -0.2) is 0 Å². The van der Waals surface area contributed by atoms with Gasteiger partial charge in [0.1, 0.15) is 17.3 Å². The smallest absolute Gasteiger partial charge is 0.295 e. The van der Waals surface area contributed by atoms with Gasteiger partial charge in [-0.3, -0.25) is 9.59 Å². The van der Waals surface area contributed by atoms with Gasteiger partial charge < -0.3 is 24.4 Å². The number of Topliss-reactive ketones (excluding diaryl/α,β-unsaturated/α-hetero) is 1. The highest BCUT2D eigenvalue weighted by molar-refractivity contribution is 6.46. The highest BCUT2D eigenvalue weighted by Gasteiger charge is 2.46. The summed E-state index contributed by atoms with van der Waals surface area (Å²) in [7, 11) is 2.99. The summed E-state index contributed by atoms with van der Waals surface area (Å²) in [6.45, 7) is 8.49. The third-order valence-corrected chi connectivity index (χ3v) is 6.43. The van der Waals surface area contributed by atoms with Crippen LogP contribution in [0, 0.1) is 6.92 Å². The molecule has 0 aromatic heterocycles. The summed E-state index contributed by atoms with van der Waals surface area (Å²) in [5.74, 6) is -0.894. The Morgan fingerprint density at radius 2 is 1.82 bits per heavy atom. The van der Waals surface area contributed by atoms with Crippen LogP contribution in [0.5, 0.6) is 11.5 Å². The van der Waals surface area contributed by atoms with Gasteiger partial charge in [0.25, 0.3) is 11.7 Å². The molecule has 34 heavy (non-hydrogen) atoms. The lowest BCUT2D eigenvalue weighted by Crippen LogP contribution is -2.38. The normalized spacial score (nSPS) is 17.5. The Bertz CT molecular complexity index is 1110. The number of rotatable bonds is 9. The predicted octanol–water partition coefficient (Wildman–Crippen LogP) is 4.43. The van der Waals surface area contributed by atoms with Crippen LogP contribution in [0.1, 0.15) is 36.6 Å². The summed E-state index contributed by atoms with van der Waals surface area (Å²) >= 11 is 6.35. The van der Waals surface area contributed by atoms with Gasteiger partial charge in [0.15, 0.2) is 0 Å². The Labute approximate surface area is 205 Å². The summed E-state index contributed by atoms with van der Waals surface area (Å²) < 4.78 is 10.8. The molecule has 2 aromatic carbocycles. The number of halogens is 1. The van der Waals surface area contributed by atoms with Crippen molar-refractivity contribution in [1.82, 2.24) is 9.80 Å². The molecule has 1 unspecified atom stereocenters. The van der Waals surface area contributed by atoms with Crippen molar-refractivity contribution in [3.63, 3.8) is 0 Å². The predicted molar refractivity (Wildman–Crippen MR) is 133 cm³/mol. The van der Waals surface area contributed by atoms with Crippen LogP contribution in [0.4, 0.5) is 0 Å². The van der Waals surface area contributed by atoms with Crippen LogP contribution < -0.4 is 9.47 Å². The van der Waals surface area contributed by atoms with E-state index in [1.807, 2.05) is 26.8 Å². The number of aliphatic hydroxyl groups is 1. The number of aryl methyl sites for hydroxylation is 1. The number of ketones is 1. The first-order valence-corrected chi connectivity index (χ1v) is 11.6. The van der Waals surface area contributed by atoms with E-state index >= 15 is 0 Å². The Kier molecular flexibility index (Phi) is 8.23. The molecular weight excluding hydrogens is 456 g/mol. The second kappa shape index (κ2) is 10.9. The number of benzene rings is 2. The number of methoxy groups -OCH3 is 2. The molecule has 2 aromatic rings. The van der Waals surface area contributed by atoms with Gasteiger partial charge >= 0.3 is 0 Å². The highest BCUT2D eigenvalue weighted by atomic mass is 35.5. The molecule has 0 aliphatic carbocycles. The second-order valence-corrected chi connectivity index (χ2v) is 8.53. The molecule has 7 nitrogen and oxygen atoms in total. The van der Waals surface area contributed by atoms with E-state index in [4.69, 9.17) is 21.1 Å². The van der Waals surface area contributed by atoms with Crippen molar-refractivity contribution in [2.24, 2.45) is 0 Å². The van der Waals surface area contributed by atoms with Crippen LogP contribution in [0.2, 0.25) is 5.02 Å². The van der Waals surface area contributed by atoms with Crippen LogP contribution in [0.25, 0.3) is 5.76 Å². The molecule has 1 saturated heterocycles. The Morgan fingerprint density at radius 3 is 2.44 bits per heavy atom. The maximum absolute atomic E-state index is 13.3. The van der Waals surface area contributed by atoms with Crippen LogP contribution in [-0.4, -0.2) is 67.0 Å². The number of hydrogen-bond donors (Lipinski definition) is 1. The molecule has 0 radical (unpaired) electrons. The summed E-state index contributed by atoms with van der Waals surface area (Å²) in [4.78, 5) is 30.2. The van der Waals surface area contributed by atoms with E-state index in [-0.39, 0.29) is 22.6 Å². The van der Waals surface area contributed by atoms with Gasteiger partial charge in [0, 0.05) is 13.1 Å². The Balaban J connectivity index is 2.21. The van der Waals surface area contributed by atoms with E-state index < -0.39 is 17.7 Å². The molecule has 1 atom stereocenters. The summed E-state index contributed by atoms with van der Waals surface area (Å²) in [5.41, 5.74) is 1.71. The molecule has 8 heteroatoms. The lowest BCUT2D eigenvalue weighted by atomic mass is 9.94. The number of amides is 1. The molecule has 0 bridgehead atoms. The molecule has 1 amide bonds. The van der Waals surface area contributed by atoms with Gasteiger partial charge in [0.2, 0.25) is 0 Å². The van der Waals surface area contributed by atoms with Gasteiger partial charge in [-0.05, 0) is 55.4 Å². The van der Waals surface area contributed by atoms with E-state index in [0.29, 0.717) is 29.4 Å². The zero-order valence-electron chi connectivity index (χ0n) is 20.2. The summed E-state index contributed by atoms with van der Waals surface area (Å²) in [6.07, 6.45) is 0. The SMILES string of the molecule is CCN(CC)CCN1C(=O)C(=O)/C(=C(/O)c2cc(C)cc(Cl)c2OC)C1c1cccc(OC)c1. The maximum Gasteiger partial charge on any atom is 0.295 e. The highest BCUT2D eigenvalue weighted by Crippen LogP contribution is 2.43. The summed E-state index contributed by atoms with van der Waals surface area (Å²) in [5, 5.41) is 11.7.